The third-order valence-electron chi connectivity index (χ3n) is 3.25. The van der Waals surface area contributed by atoms with E-state index in [1.807, 2.05) is 43.5 Å². The molecule has 0 atom stereocenters. The van der Waals surface area contributed by atoms with Gasteiger partial charge in [-0.1, -0.05) is 0 Å². The zero-order valence-electron chi connectivity index (χ0n) is 11.8. The molecule has 106 valence electrons. The normalized spacial score (nSPS) is 10.6. The molecule has 0 aliphatic carbocycles. The molecule has 3 rings (SSSR count). The summed E-state index contributed by atoms with van der Waals surface area (Å²) in [6, 6.07) is 9.36. The summed E-state index contributed by atoms with van der Waals surface area (Å²) in [5.74, 6) is -0.161. The third-order valence-corrected chi connectivity index (χ3v) is 3.25. The molecule has 1 amide bonds. The highest BCUT2D eigenvalue weighted by atomic mass is 16.1. The highest BCUT2D eigenvalue weighted by molar-refractivity contribution is 6.05. The van der Waals surface area contributed by atoms with Crippen molar-refractivity contribution < 1.29 is 4.79 Å². The summed E-state index contributed by atoms with van der Waals surface area (Å²) < 4.78 is 1.76. The molecule has 0 saturated carbocycles. The van der Waals surface area contributed by atoms with Crippen LogP contribution in [0.3, 0.4) is 0 Å². The van der Waals surface area contributed by atoms with Gasteiger partial charge in [-0.3, -0.25) is 9.89 Å². The highest BCUT2D eigenvalue weighted by Gasteiger charge is 2.15. The topological polar surface area (TPSA) is 75.6 Å². The van der Waals surface area contributed by atoms with E-state index in [-0.39, 0.29) is 5.91 Å². The van der Waals surface area contributed by atoms with Crippen molar-refractivity contribution in [1.29, 1.82) is 0 Å². The van der Waals surface area contributed by atoms with Crippen LogP contribution in [0.5, 0.6) is 0 Å². The Morgan fingerprint density at radius 1 is 1.24 bits per heavy atom. The minimum atomic E-state index is -0.161. The molecule has 2 aromatic heterocycles. The Labute approximate surface area is 121 Å². The molecule has 0 unspecified atom stereocenters. The molecule has 6 heteroatoms. The lowest BCUT2D eigenvalue weighted by Crippen LogP contribution is -2.13. The second kappa shape index (κ2) is 5.24. The first-order valence-electron chi connectivity index (χ1n) is 6.58. The number of anilines is 1. The number of hydrogen-bond acceptors (Lipinski definition) is 3. The first kappa shape index (κ1) is 13.1. The van der Waals surface area contributed by atoms with Gasteiger partial charge in [-0.15, -0.1) is 0 Å². The fourth-order valence-corrected chi connectivity index (χ4v) is 2.20. The van der Waals surface area contributed by atoms with E-state index >= 15 is 0 Å². The fraction of sp³-hybridized carbons (Fsp3) is 0.133. The predicted molar refractivity (Wildman–Crippen MR) is 79.6 cm³/mol. The molecule has 0 spiro atoms. The Morgan fingerprint density at radius 2 is 2.00 bits per heavy atom. The summed E-state index contributed by atoms with van der Waals surface area (Å²) in [7, 11) is 0. The zero-order valence-corrected chi connectivity index (χ0v) is 11.8. The van der Waals surface area contributed by atoms with Crippen molar-refractivity contribution in [2.24, 2.45) is 0 Å². The van der Waals surface area contributed by atoms with Gasteiger partial charge in [-0.2, -0.15) is 10.2 Å². The quantitative estimate of drug-likeness (QED) is 0.774. The second-order valence-electron chi connectivity index (χ2n) is 4.76. The van der Waals surface area contributed by atoms with E-state index in [1.165, 1.54) is 0 Å². The van der Waals surface area contributed by atoms with Gasteiger partial charge in [0.15, 0.2) is 0 Å². The van der Waals surface area contributed by atoms with Crippen molar-refractivity contribution in [2.45, 2.75) is 13.8 Å². The van der Waals surface area contributed by atoms with Crippen LogP contribution in [0.15, 0.2) is 42.7 Å². The molecular formula is C15H15N5O. The molecule has 1 aromatic carbocycles. The Balaban J connectivity index is 1.78. The summed E-state index contributed by atoms with van der Waals surface area (Å²) in [6.07, 6.45) is 3.59. The number of carbonyl (C=O) groups is 1. The molecular weight excluding hydrogens is 266 g/mol. The monoisotopic (exact) mass is 281 g/mol. The number of rotatable bonds is 3. The van der Waals surface area contributed by atoms with Crippen molar-refractivity contribution >= 4 is 11.6 Å². The summed E-state index contributed by atoms with van der Waals surface area (Å²) in [5, 5.41) is 13.9. The molecule has 3 aromatic rings. The van der Waals surface area contributed by atoms with Crippen LogP contribution in [-0.4, -0.2) is 25.9 Å². The van der Waals surface area contributed by atoms with Crippen molar-refractivity contribution in [1.82, 2.24) is 20.0 Å². The predicted octanol–water partition coefficient (Wildman–Crippen LogP) is 2.46. The van der Waals surface area contributed by atoms with E-state index in [2.05, 4.69) is 20.6 Å². The summed E-state index contributed by atoms with van der Waals surface area (Å²) in [5.41, 5.74) is 3.71. The molecule has 0 aliphatic heterocycles. The summed E-state index contributed by atoms with van der Waals surface area (Å²) in [4.78, 5) is 12.2. The zero-order chi connectivity index (χ0) is 14.8. The maximum atomic E-state index is 12.2. The largest absolute Gasteiger partial charge is 0.322 e. The Morgan fingerprint density at radius 3 is 2.57 bits per heavy atom. The van der Waals surface area contributed by atoms with E-state index in [0.717, 1.165) is 17.1 Å². The lowest BCUT2D eigenvalue weighted by Gasteiger charge is -2.07. The smallest absolute Gasteiger partial charge is 0.259 e. The van der Waals surface area contributed by atoms with Crippen LogP contribution in [-0.2, 0) is 0 Å². The number of benzene rings is 1. The van der Waals surface area contributed by atoms with Gasteiger partial charge < -0.3 is 5.32 Å². The number of carbonyl (C=O) groups excluding carboxylic acids is 1. The van der Waals surface area contributed by atoms with Crippen LogP contribution >= 0.6 is 0 Å². The van der Waals surface area contributed by atoms with Gasteiger partial charge >= 0.3 is 0 Å². The number of aromatic nitrogens is 4. The summed E-state index contributed by atoms with van der Waals surface area (Å²) >= 11 is 0. The number of nitrogens with one attached hydrogen (secondary N) is 2. The number of nitrogens with zero attached hydrogens (tertiary/aromatic N) is 3. The minimum Gasteiger partial charge on any atom is -0.322 e. The maximum Gasteiger partial charge on any atom is 0.259 e. The van der Waals surface area contributed by atoms with E-state index < -0.39 is 0 Å². The Hall–Kier alpha value is -2.89. The van der Waals surface area contributed by atoms with Crippen LogP contribution in [0.4, 0.5) is 5.69 Å². The SMILES string of the molecule is Cc1n[nH]c(C)c1C(=O)Nc1ccc(-n2cccn2)cc1. The van der Waals surface area contributed by atoms with Crippen molar-refractivity contribution in [2.75, 3.05) is 5.32 Å². The van der Waals surface area contributed by atoms with Gasteiger partial charge in [0.1, 0.15) is 0 Å². The average Bonchev–Trinajstić information content (AvgIpc) is 3.10. The van der Waals surface area contributed by atoms with Crippen LogP contribution in [0, 0.1) is 13.8 Å². The summed E-state index contributed by atoms with van der Waals surface area (Å²) in [6.45, 7) is 3.63. The first-order valence-corrected chi connectivity index (χ1v) is 6.58. The molecule has 0 bridgehead atoms. The molecule has 2 heterocycles. The van der Waals surface area contributed by atoms with Gasteiger partial charge in [0.05, 0.1) is 16.9 Å². The molecule has 6 nitrogen and oxygen atoms in total. The molecule has 21 heavy (non-hydrogen) atoms. The third kappa shape index (κ3) is 2.55. The van der Waals surface area contributed by atoms with Crippen LogP contribution in [0.25, 0.3) is 5.69 Å². The average molecular weight is 281 g/mol. The van der Waals surface area contributed by atoms with E-state index in [1.54, 1.807) is 17.8 Å². The van der Waals surface area contributed by atoms with E-state index in [4.69, 9.17) is 0 Å². The molecule has 0 radical (unpaired) electrons. The van der Waals surface area contributed by atoms with Crippen molar-refractivity contribution in [3.63, 3.8) is 0 Å². The standard InChI is InChI=1S/C15H15N5O/c1-10-14(11(2)19-18-10)15(21)17-12-4-6-13(7-5-12)20-9-3-8-16-20/h3-9H,1-2H3,(H,17,21)(H,18,19). The van der Waals surface area contributed by atoms with Gasteiger partial charge in [-0.25, -0.2) is 4.68 Å². The number of hydrogen-bond donors (Lipinski definition) is 2. The van der Waals surface area contributed by atoms with Crippen LogP contribution < -0.4 is 5.32 Å². The van der Waals surface area contributed by atoms with Gasteiger partial charge in [0.2, 0.25) is 0 Å². The Bertz CT molecular complexity index is 736. The van der Waals surface area contributed by atoms with Crippen molar-refractivity contribution in [3.8, 4) is 5.69 Å². The fourth-order valence-electron chi connectivity index (χ4n) is 2.20. The Kier molecular flexibility index (Phi) is 3.27. The van der Waals surface area contributed by atoms with Crippen LogP contribution in [0.2, 0.25) is 0 Å². The number of aryl methyl sites for hydroxylation is 2. The first-order chi connectivity index (χ1) is 10.1. The number of H-pyrrole nitrogens is 1. The lowest BCUT2D eigenvalue weighted by molar-refractivity contribution is 0.102. The number of aromatic amines is 1. The maximum absolute atomic E-state index is 12.2. The van der Waals surface area contributed by atoms with E-state index in [0.29, 0.717) is 11.3 Å². The molecule has 0 saturated heterocycles. The number of amides is 1. The van der Waals surface area contributed by atoms with Gasteiger partial charge in [-0.05, 0) is 44.2 Å². The van der Waals surface area contributed by atoms with Crippen LogP contribution in [0.1, 0.15) is 21.7 Å². The molecule has 0 fully saturated rings. The van der Waals surface area contributed by atoms with Gasteiger partial charge in [0.25, 0.3) is 5.91 Å². The lowest BCUT2D eigenvalue weighted by atomic mass is 10.2. The molecule has 0 aliphatic rings. The van der Waals surface area contributed by atoms with Crippen molar-refractivity contribution in [3.05, 3.63) is 59.7 Å². The van der Waals surface area contributed by atoms with Gasteiger partial charge in [0, 0.05) is 23.8 Å². The second-order valence-corrected chi connectivity index (χ2v) is 4.76. The minimum absolute atomic E-state index is 0.161. The molecule has 2 N–H and O–H groups in total. The van der Waals surface area contributed by atoms with E-state index in [9.17, 15) is 4.79 Å². The highest BCUT2D eigenvalue weighted by Crippen LogP contribution is 2.16.